The van der Waals surface area contributed by atoms with Gasteiger partial charge in [0.05, 0.1) is 27.5 Å². The standard InChI is InChI=1S/C9H4BrFN2O3.C9H5BrFNO.HNO3/c10-4-1-5-8(6(11)2-4)12-3-7(9(5)14)13(15)16;10-5-3-6-8(13)1-2-12-9(6)7(11)4-5;2-1(3)4/h1-3H,(H,12,14);1-4H,(H,12,13);(H,2,3,4). The van der Waals surface area contributed by atoms with Crippen molar-refractivity contribution in [1.82, 2.24) is 9.97 Å². The van der Waals surface area contributed by atoms with Crippen LogP contribution in [0.15, 0.2) is 61.3 Å². The number of nitro groups is 1. The quantitative estimate of drug-likeness (QED) is 0.217. The summed E-state index contributed by atoms with van der Waals surface area (Å²) in [4.78, 5) is 46.1. The van der Waals surface area contributed by atoms with Crippen molar-refractivity contribution >= 4 is 59.4 Å². The number of hydrogen-bond donors (Lipinski definition) is 3. The molecule has 0 unspecified atom stereocenters. The Morgan fingerprint density at radius 1 is 0.879 bits per heavy atom. The van der Waals surface area contributed by atoms with E-state index in [4.69, 9.17) is 15.3 Å². The molecule has 0 spiro atoms. The lowest BCUT2D eigenvalue weighted by Crippen LogP contribution is -2.09. The summed E-state index contributed by atoms with van der Waals surface area (Å²) in [6.07, 6.45) is 2.32. The van der Waals surface area contributed by atoms with Crippen molar-refractivity contribution in [2.45, 2.75) is 0 Å². The second kappa shape index (κ2) is 10.7. The SMILES string of the molecule is O=[N+]([O-])O.O=c1c([N+](=O)[O-])c[nH]c2c(F)cc(Br)cc12.O=c1cc[nH]c2c(F)cc(Br)cc12. The summed E-state index contributed by atoms with van der Waals surface area (Å²) in [5.41, 5.74) is -1.40. The fourth-order valence-electron chi connectivity index (χ4n) is 2.58. The Labute approximate surface area is 197 Å². The molecule has 4 aromatic rings. The van der Waals surface area contributed by atoms with Crippen molar-refractivity contribution in [1.29, 1.82) is 0 Å². The molecule has 33 heavy (non-hydrogen) atoms. The Balaban J connectivity index is 0.000000204. The van der Waals surface area contributed by atoms with Gasteiger partial charge in [0.15, 0.2) is 5.43 Å². The molecule has 0 aliphatic heterocycles. The number of pyridine rings is 2. The van der Waals surface area contributed by atoms with E-state index in [0.717, 1.165) is 6.20 Å². The molecule has 0 fully saturated rings. The lowest BCUT2D eigenvalue weighted by atomic mass is 10.2. The van der Waals surface area contributed by atoms with Gasteiger partial charge in [-0.2, -0.15) is 0 Å². The number of fused-ring (bicyclic) bond motifs is 2. The summed E-state index contributed by atoms with van der Waals surface area (Å²) in [7, 11) is 0. The van der Waals surface area contributed by atoms with Gasteiger partial charge in [-0.1, -0.05) is 31.9 Å². The fraction of sp³-hybridized carbons (Fsp3) is 0. The average Bonchev–Trinajstić information content (AvgIpc) is 2.69. The van der Waals surface area contributed by atoms with Crippen molar-refractivity contribution in [3.63, 3.8) is 0 Å². The molecule has 0 saturated heterocycles. The van der Waals surface area contributed by atoms with Gasteiger partial charge in [0, 0.05) is 26.6 Å². The molecule has 3 N–H and O–H groups in total. The Morgan fingerprint density at radius 2 is 1.36 bits per heavy atom. The summed E-state index contributed by atoms with van der Waals surface area (Å²) >= 11 is 6.14. The number of nitrogens with one attached hydrogen (secondary N) is 2. The van der Waals surface area contributed by atoms with Gasteiger partial charge in [0.1, 0.15) is 11.6 Å². The monoisotopic (exact) mass is 590 g/mol. The summed E-state index contributed by atoms with van der Waals surface area (Å²) < 4.78 is 27.5. The van der Waals surface area contributed by atoms with Crippen LogP contribution in [0, 0.1) is 31.9 Å². The molecular formula is C18H10Br2F2N4O7. The van der Waals surface area contributed by atoms with Gasteiger partial charge in [-0.3, -0.25) is 19.7 Å². The number of H-pyrrole nitrogens is 2. The number of benzene rings is 2. The van der Waals surface area contributed by atoms with Gasteiger partial charge >= 0.3 is 5.69 Å². The number of aromatic nitrogens is 2. The van der Waals surface area contributed by atoms with Crippen LogP contribution in [0.25, 0.3) is 21.8 Å². The largest absolute Gasteiger partial charge is 0.359 e. The van der Waals surface area contributed by atoms with Crippen LogP contribution in [0.3, 0.4) is 0 Å². The molecule has 11 nitrogen and oxygen atoms in total. The van der Waals surface area contributed by atoms with Gasteiger partial charge in [-0.25, -0.2) is 8.78 Å². The highest BCUT2D eigenvalue weighted by molar-refractivity contribution is 9.10. The van der Waals surface area contributed by atoms with Crippen LogP contribution in [0.1, 0.15) is 0 Å². The van der Waals surface area contributed by atoms with Crippen LogP contribution in [-0.4, -0.2) is 25.2 Å². The highest BCUT2D eigenvalue weighted by Crippen LogP contribution is 2.21. The Bertz CT molecular complexity index is 1490. The number of halogens is 4. The number of nitrogens with zero attached hydrogens (tertiary/aromatic N) is 2. The normalized spacial score (nSPS) is 10.1. The second-order valence-electron chi connectivity index (χ2n) is 5.96. The van der Waals surface area contributed by atoms with Gasteiger partial charge in [0.2, 0.25) is 0 Å². The van der Waals surface area contributed by atoms with Crippen molar-refractivity contribution in [3.05, 3.63) is 104 Å². The molecule has 4 rings (SSSR count). The van der Waals surface area contributed by atoms with E-state index in [0.29, 0.717) is 14.3 Å². The van der Waals surface area contributed by atoms with E-state index < -0.39 is 32.8 Å². The first-order valence-electron chi connectivity index (χ1n) is 8.37. The number of hydrogen-bond acceptors (Lipinski definition) is 6. The first-order chi connectivity index (χ1) is 15.4. The van der Waals surface area contributed by atoms with Gasteiger partial charge in [-0.05, 0) is 24.3 Å². The maximum absolute atomic E-state index is 13.4. The molecule has 0 atom stereocenters. The Kier molecular flexibility index (Phi) is 8.31. The molecule has 0 saturated carbocycles. The average molecular weight is 592 g/mol. The predicted molar refractivity (Wildman–Crippen MR) is 120 cm³/mol. The van der Waals surface area contributed by atoms with Gasteiger partial charge in [0.25, 0.3) is 10.5 Å². The minimum Gasteiger partial charge on any atom is -0.359 e. The fourth-order valence-corrected chi connectivity index (χ4v) is 3.44. The molecule has 2 aromatic heterocycles. The van der Waals surface area contributed by atoms with E-state index in [1.54, 1.807) is 6.07 Å². The van der Waals surface area contributed by atoms with Crippen molar-refractivity contribution in [2.24, 2.45) is 0 Å². The molecule has 0 bridgehead atoms. The van der Waals surface area contributed by atoms with Crippen LogP contribution < -0.4 is 10.9 Å². The molecule has 0 aliphatic carbocycles. The summed E-state index contributed by atoms with van der Waals surface area (Å²) in [5.74, 6) is -1.07. The minimum absolute atomic E-state index is 0.0428. The number of rotatable bonds is 1. The molecule has 15 heteroatoms. The van der Waals surface area contributed by atoms with Crippen LogP contribution in [-0.2, 0) is 0 Å². The van der Waals surface area contributed by atoms with Crippen LogP contribution in [0.5, 0.6) is 0 Å². The lowest BCUT2D eigenvalue weighted by Gasteiger charge is -2.00. The highest BCUT2D eigenvalue weighted by atomic mass is 79.9. The molecule has 2 heterocycles. The third kappa shape index (κ3) is 6.39. The third-order valence-electron chi connectivity index (χ3n) is 3.87. The van der Waals surface area contributed by atoms with E-state index in [2.05, 4.69) is 41.8 Å². The van der Waals surface area contributed by atoms with Crippen molar-refractivity contribution in [3.8, 4) is 0 Å². The number of aromatic amines is 2. The van der Waals surface area contributed by atoms with Crippen molar-refractivity contribution in [2.75, 3.05) is 0 Å². The van der Waals surface area contributed by atoms with Gasteiger partial charge < -0.3 is 15.2 Å². The van der Waals surface area contributed by atoms with E-state index >= 15 is 0 Å². The zero-order valence-corrected chi connectivity index (χ0v) is 19.0. The van der Waals surface area contributed by atoms with E-state index in [1.165, 1.54) is 30.5 Å². The van der Waals surface area contributed by atoms with E-state index in [9.17, 15) is 28.5 Å². The maximum atomic E-state index is 13.4. The molecule has 172 valence electrons. The zero-order valence-electron chi connectivity index (χ0n) is 15.8. The van der Waals surface area contributed by atoms with Crippen LogP contribution in [0.4, 0.5) is 14.5 Å². The van der Waals surface area contributed by atoms with Gasteiger partial charge in [-0.15, -0.1) is 10.1 Å². The smallest absolute Gasteiger partial charge is 0.332 e. The molecule has 0 aliphatic rings. The van der Waals surface area contributed by atoms with E-state index in [1.807, 2.05) is 0 Å². The maximum Gasteiger partial charge on any atom is 0.332 e. The second-order valence-corrected chi connectivity index (χ2v) is 7.79. The Morgan fingerprint density at radius 3 is 1.88 bits per heavy atom. The molecular weight excluding hydrogens is 582 g/mol. The molecule has 0 radical (unpaired) electrons. The van der Waals surface area contributed by atoms with Crippen LogP contribution >= 0.6 is 31.9 Å². The third-order valence-corrected chi connectivity index (χ3v) is 4.78. The Hall–Kier alpha value is -3.72. The molecule has 0 amide bonds. The highest BCUT2D eigenvalue weighted by Gasteiger charge is 2.16. The minimum atomic E-state index is -1.50. The summed E-state index contributed by atoms with van der Waals surface area (Å²) in [5, 5.41) is 24.5. The summed E-state index contributed by atoms with van der Waals surface area (Å²) in [6, 6.07) is 6.79. The molecule has 2 aromatic carbocycles. The van der Waals surface area contributed by atoms with E-state index in [-0.39, 0.29) is 21.8 Å². The van der Waals surface area contributed by atoms with Crippen LogP contribution in [0.2, 0.25) is 0 Å². The summed E-state index contributed by atoms with van der Waals surface area (Å²) in [6.45, 7) is 0. The predicted octanol–water partition coefficient (Wildman–Crippen LogP) is 4.42. The first-order valence-corrected chi connectivity index (χ1v) is 9.95. The topological polar surface area (TPSA) is 172 Å². The lowest BCUT2D eigenvalue weighted by molar-refractivity contribution is -0.742. The zero-order chi connectivity index (χ0) is 24.9. The first kappa shape index (κ1) is 25.5. The van der Waals surface area contributed by atoms with Crippen molar-refractivity contribution < 1.29 is 24.0 Å².